The molecule has 0 fully saturated rings. The molecular formula is C26H27N3O4S. The number of carbonyl (C=O) groups is 2. The molecule has 4 rings (SSSR count). The maximum atomic E-state index is 13.3. The lowest BCUT2D eigenvalue weighted by Gasteiger charge is -2.21. The van der Waals surface area contributed by atoms with E-state index in [0.717, 1.165) is 22.3 Å². The van der Waals surface area contributed by atoms with E-state index < -0.39 is 22.0 Å². The predicted molar refractivity (Wildman–Crippen MR) is 132 cm³/mol. The molecule has 3 aromatic carbocycles. The highest BCUT2D eigenvalue weighted by molar-refractivity contribution is 7.89. The zero-order valence-corrected chi connectivity index (χ0v) is 19.9. The van der Waals surface area contributed by atoms with Crippen molar-refractivity contribution in [3.05, 3.63) is 89.0 Å². The molecule has 0 aromatic heterocycles. The van der Waals surface area contributed by atoms with Gasteiger partial charge in [-0.3, -0.25) is 9.59 Å². The molecule has 0 saturated heterocycles. The molecule has 34 heavy (non-hydrogen) atoms. The van der Waals surface area contributed by atoms with Crippen LogP contribution in [0.25, 0.3) is 0 Å². The van der Waals surface area contributed by atoms with Crippen LogP contribution < -0.4 is 15.4 Å². The molecular weight excluding hydrogens is 450 g/mol. The number of aryl methyl sites for hydroxylation is 3. The first-order valence-electron chi connectivity index (χ1n) is 11.1. The standard InChI is InChI=1S/C26H27N3O4S/c1-17-8-11-22(18(2)14-17)28-26(31)24(15-19-6-4-3-5-7-19)29-34(32,33)21-10-12-23-20(16-21)9-13-25(30)27-23/h3-8,10-12,14,16,24,29H,9,13,15H2,1-2H3,(H,27,30)(H,28,31). The Bertz CT molecular complexity index is 1340. The molecule has 0 spiro atoms. The van der Waals surface area contributed by atoms with E-state index in [2.05, 4.69) is 15.4 Å². The van der Waals surface area contributed by atoms with Gasteiger partial charge < -0.3 is 10.6 Å². The number of rotatable bonds is 7. The molecule has 2 amide bonds. The van der Waals surface area contributed by atoms with Gasteiger partial charge in [0.2, 0.25) is 21.8 Å². The number of hydrogen-bond donors (Lipinski definition) is 3. The molecule has 1 aliphatic heterocycles. The van der Waals surface area contributed by atoms with Gasteiger partial charge in [-0.15, -0.1) is 0 Å². The average Bonchev–Trinajstić information content (AvgIpc) is 2.80. The Balaban J connectivity index is 1.60. The number of sulfonamides is 1. The van der Waals surface area contributed by atoms with E-state index in [0.29, 0.717) is 24.2 Å². The Hall–Kier alpha value is -3.49. The van der Waals surface area contributed by atoms with Gasteiger partial charge in [-0.2, -0.15) is 4.72 Å². The van der Waals surface area contributed by atoms with Gasteiger partial charge in [0.05, 0.1) is 4.90 Å². The van der Waals surface area contributed by atoms with E-state index >= 15 is 0 Å². The second-order valence-electron chi connectivity index (χ2n) is 8.54. The molecule has 3 N–H and O–H groups in total. The lowest BCUT2D eigenvalue weighted by molar-refractivity contribution is -0.118. The van der Waals surface area contributed by atoms with E-state index in [9.17, 15) is 18.0 Å². The zero-order valence-electron chi connectivity index (χ0n) is 19.1. The lowest BCUT2D eigenvalue weighted by Crippen LogP contribution is -2.45. The third kappa shape index (κ3) is 5.52. The molecule has 0 radical (unpaired) electrons. The van der Waals surface area contributed by atoms with Crippen LogP contribution >= 0.6 is 0 Å². The molecule has 0 aliphatic carbocycles. The largest absolute Gasteiger partial charge is 0.326 e. The summed E-state index contributed by atoms with van der Waals surface area (Å²) in [4.78, 5) is 24.9. The van der Waals surface area contributed by atoms with E-state index in [4.69, 9.17) is 0 Å². The summed E-state index contributed by atoms with van der Waals surface area (Å²) in [7, 11) is -4.00. The topological polar surface area (TPSA) is 104 Å². The fourth-order valence-corrected chi connectivity index (χ4v) is 5.24. The first-order chi connectivity index (χ1) is 16.2. The number of carbonyl (C=O) groups excluding carboxylic acids is 2. The maximum Gasteiger partial charge on any atom is 0.242 e. The molecule has 1 aliphatic rings. The van der Waals surface area contributed by atoms with Gasteiger partial charge in [0.25, 0.3) is 0 Å². The van der Waals surface area contributed by atoms with Gasteiger partial charge in [0.15, 0.2) is 0 Å². The van der Waals surface area contributed by atoms with E-state index in [1.165, 1.54) is 6.07 Å². The number of nitrogens with one attached hydrogen (secondary N) is 3. The lowest BCUT2D eigenvalue weighted by atomic mass is 10.0. The quantitative estimate of drug-likeness (QED) is 0.482. The Morgan fingerprint density at radius 2 is 1.76 bits per heavy atom. The molecule has 1 heterocycles. The second-order valence-corrected chi connectivity index (χ2v) is 10.3. The average molecular weight is 478 g/mol. The molecule has 3 aromatic rings. The number of benzene rings is 3. The summed E-state index contributed by atoms with van der Waals surface area (Å²) in [6, 6.07) is 18.5. The molecule has 0 bridgehead atoms. The van der Waals surface area contributed by atoms with Gasteiger partial charge in [-0.25, -0.2) is 8.42 Å². The van der Waals surface area contributed by atoms with Crippen molar-refractivity contribution in [1.29, 1.82) is 0 Å². The number of anilines is 2. The molecule has 7 nitrogen and oxygen atoms in total. The fourth-order valence-electron chi connectivity index (χ4n) is 3.99. The van der Waals surface area contributed by atoms with Gasteiger partial charge in [0, 0.05) is 17.8 Å². The number of hydrogen-bond acceptors (Lipinski definition) is 4. The summed E-state index contributed by atoms with van der Waals surface area (Å²) in [5, 5.41) is 5.62. The number of fused-ring (bicyclic) bond motifs is 1. The maximum absolute atomic E-state index is 13.3. The van der Waals surface area contributed by atoms with Crippen LogP contribution in [-0.2, 0) is 32.5 Å². The van der Waals surface area contributed by atoms with Crippen molar-refractivity contribution in [3.63, 3.8) is 0 Å². The van der Waals surface area contributed by atoms with Gasteiger partial charge in [-0.1, -0.05) is 48.0 Å². The summed E-state index contributed by atoms with van der Waals surface area (Å²) in [6.07, 6.45) is 0.960. The Kier molecular flexibility index (Phi) is 6.81. The molecule has 1 unspecified atom stereocenters. The van der Waals surface area contributed by atoms with Crippen LogP contribution in [0.2, 0.25) is 0 Å². The third-order valence-electron chi connectivity index (χ3n) is 5.82. The van der Waals surface area contributed by atoms with Crippen LogP contribution in [0.15, 0.2) is 71.6 Å². The van der Waals surface area contributed by atoms with E-state index in [1.54, 1.807) is 12.1 Å². The van der Waals surface area contributed by atoms with Crippen molar-refractivity contribution in [2.75, 3.05) is 10.6 Å². The zero-order chi connectivity index (χ0) is 24.3. The third-order valence-corrected chi connectivity index (χ3v) is 7.29. The van der Waals surface area contributed by atoms with Crippen molar-refractivity contribution in [3.8, 4) is 0 Å². The highest BCUT2D eigenvalue weighted by Gasteiger charge is 2.27. The fraction of sp³-hybridized carbons (Fsp3) is 0.231. The molecule has 8 heteroatoms. The summed E-state index contributed by atoms with van der Waals surface area (Å²) < 4.78 is 29.1. The molecule has 0 saturated carbocycles. The minimum absolute atomic E-state index is 0.0553. The van der Waals surface area contributed by atoms with Crippen LogP contribution in [0, 0.1) is 13.8 Å². The predicted octanol–water partition coefficient (Wildman–Crippen LogP) is 3.72. The van der Waals surface area contributed by atoms with Gasteiger partial charge >= 0.3 is 0 Å². The minimum atomic E-state index is -4.00. The van der Waals surface area contributed by atoms with Crippen molar-refractivity contribution in [2.45, 2.75) is 44.0 Å². The van der Waals surface area contributed by atoms with E-state index in [1.807, 2.05) is 62.4 Å². The normalized spacial score (nSPS) is 14.1. The molecule has 1 atom stereocenters. The van der Waals surface area contributed by atoms with Crippen LogP contribution in [0.1, 0.15) is 28.7 Å². The first kappa shape index (κ1) is 23.7. The highest BCUT2D eigenvalue weighted by Crippen LogP contribution is 2.26. The van der Waals surface area contributed by atoms with Crippen molar-refractivity contribution in [1.82, 2.24) is 4.72 Å². The summed E-state index contributed by atoms with van der Waals surface area (Å²) in [6.45, 7) is 3.86. The van der Waals surface area contributed by atoms with Crippen molar-refractivity contribution < 1.29 is 18.0 Å². The summed E-state index contributed by atoms with van der Waals surface area (Å²) >= 11 is 0. The number of amides is 2. The van der Waals surface area contributed by atoms with Crippen LogP contribution in [0.5, 0.6) is 0 Å². The Labute approximate surface area is 199 Å². The molecule has 176 valence electrons. The van der Waals surface area contributed by atoms with Gasteiger partial charge in [-0.05, 0) is 67.6 Å². The minimum Gasteiger partial charge on any atom is -0.326 e. The Morgan fingerprint density at radius 1 is 1.00 bits per heavy atom. The first-order valence-corrected chi connectivity index (χ1v) is 12.6. The van der Waals surface area contributed by atoms with E-state index in [-0.39, 0.29) is 17.2 Å². The summed E-state index contributed by atoms with van der Waals surface area (Å²) in [5.41, 5.74) is 4.80. The van der Waals surface area contributed by atoms with Crippen LogP contribution in [-0.4, -0.2) is 26.3 Å². The smallest absolute Gasteiger partial charge is 0.242 e. The second kappa shape index (κ2) is 9.79. The van der Waals surface area contributed by atoms with Crippen molar-refractivity contribution >= 4 is 33.2 Å². The van der Waals surface area contributed by atoms with Crippen LogP contribution in [0.4, 0.5) is 11.4 Å². The summed E-state index contributed by atoms with van der Waals surface area (Å²) in [5.74, 6) is -0.531. The van der Waals surface area contributed by atoms with Crippen LogP contribution in [0.3, 0.4) is 0 Å². The van der Waals surface area contributed by atoms with Gasteiger partial charge in [0.1, 0.15) is 6.04 Å². The SMILES string of the molecule is Cc1ccc(NC(=O)C(Cc2ccccc2)NS(=O)(=O)c2ccc3c(c2)CCC(=O)N3)c(C)c1. The Morgan fingerprint density at radius 3 is 2.50 bits per heavy atom. The van der Waals surface area contributed by atoms with Crippen molar-refractivity contribution in [2.24, 2.45) is 0 Å². The highest BCUT2D eigenvalue weighted by atomic mass is 32.2. The monoisotopic (exact) mass is 477 g/mol.